The van der Waals surface area contributed by atoms with Crippen molar-refractivity contribution in [3.8, 4) is 0 Å². The highest BCUT2D eigenvalue weighted by molar-refractivity contribution is 5.76. The molecule has 6 rings (SSSR count). The Morgan fingerprint density at radius 3 is 2.82 bits per heavy atom. The van der Waals surface area contributed by atoms with Crippen LogP contribution in [0.2, 0.25) is 0 Å². The average Bonchev–Trinajstić information content (AvgIpc) is 3.12. The quantitative estimate of drug-likeness (QED) is 0.367. The molecule has 206 valence electrons. The van der Waals surface area contributed by atoms with E-state index in [1.165, 1.54) is 18.1 Å². The lowest BCUT2D eigenvalue weighted by atomic mass is 9.90. The van der Waals surface area contributed by atoms with E-state index in [2.05, 4.69) is 17.4 Å². The minimum atomic E-state index is -0.925. The molecular formula is C30H41FN3O4+. The minimum absolute atomic E-state index is 0.00908. The first-order valence-corrected chi connectivity index (χ1v) is 14.3. The van der Waals surface area contributed by atoms with Gasteiger partial charge < -0.3 is 19.9 Å². The van der Waals surface area contributed by atoms with Crippen LogP contribution in [0.25, 0.3) is 0 Å². The molecule has 1 fully saturated rings. The number of carboxylic acids is 1. The number of ether oxygens (including phenoxy) is 2. The van der Waals surface area contributed by atoms with E-state index in [-0.39, 0.29) is 16.4 Å². The number of rotatable bonds is 8. The van der Waals surface area contributed by atoms with Crippen LogP contribution in [-0.2, 0) is 39.3 Å². The number of quaternary nitrogens is 1. The Labute approximate surface area is 224 Å². The van der Waals surface area contributed by atoms with Gasteiger partial charge in [-0.2, -0.15) is 0 Å². The summed E-state index contributed by atoms with van der Waals surface area (Å²) in [6, 6.07) is 6.48. The second kappa shape index (κ2) is 10.9. The maximum Gasteiger partial charge on any atom is 0.367 e. The first-order chi connectivity index (χ1) is 18.4. The van der Waals surface area contributed by atoms with Crippen molar-refractivity contribution in [2.24, 2.45) is 0 Å². The van der Waals surface area contributed by atoms with Gasteiger partial charge in [-0.1, -0.05) is 26.3 Å². The maximum atomic E-state index is 14.4. The molecule has 2 unspecified atom stereocenters. The van der Waals surface area contributed by atoms with Gasteiger partial charge in [-0.15, -0.1) is 0 Å². The van der Waals surface area contributed by atoms with Gasteiger partial charge in [-0.05, 0) is 67.9 Å². The highest BCUT2D eigenvalue weighted by Crippen LogP contribution is 2.59. The topological polar surface area (TPSA) is 80.7 Å². The summed E-state index contributed by atoms with van der Waals surface area (Å²) in [5.74, 6) is -0.237. The van der Waals surface area contributed by atoms with Gasteiger partial charge in [0.15, 0.2) is 6.10 Å². The molecule has 4 aliphatic heterocycles. The molecular weight excluding hydrogens is 485 g/mol. The monoisotopic (exact) mass is 526 g/mol. The standard InChI is InChI=1S/C28H34FN3O4.C2H6/c1-28-24-19(10-13-36-28)14-20(29)15-23(24)25(27(33)34)32(28)16-22(17-32)35-12-4-2-3-7-21-9-8-18-6-5-11-30-26(18)31-21;1-2/h8-9,14-15,22,25H,2-7,10-13,16-17H2,1H3,(H-,30,31,33,34);1-2H3/p+1. The molecule has 8 heteroatoms. The van der Waals surface area contributed by atoms with E-state index in [9.17, 15) is 14.3 Å². The third kappa shape index (κ3) is 4.50. The van der Waals surface area contributed by atoms with E-state index in [1.54, 1.807) is 6.07 Å². The fraction of sp³-hybridized carbons (Fsp3) is 0.600. The predicted molar refractivity (Wildman–Crippen MR) is 143 cm³/mol. The highest BCUT2D eigenvalue weighted by atomic mass is 19.1. The molecule has 7 nitrogen and oxygen atoms in total. The van der Waals surface area contributed by atoms with Gasteiger partial charge in [-0.3, -0.25) is 4.48 Å². The molecule has 4 aliphatic rings. The second-order valence-corrected chi connectivity index (χ2v) is 10.9. The minimum Gasteiger partial charge on any atom is -0.477 e. The summed E-state index contributed by atoms with van der Waals surface area (Å²) in [5, 5.41) is 13.6. The van der Waals surface area contributed by atoms with Crippen molar-refractivity contribution in [3.63, 3.8) is 0 Å². The summed E-state index contributed by atoms with van der Waals surface area (Å²) in [6.45, 7) is 9.25. The van der Waals surface area contributed by atoms with E-state index in [0.29, 0.717) is 38.3 Å². The molecule has 0 radical (unpaired) electrons. The average molecular weight is 527 g/mol. The van der Waals surface area contributed by atoms with Gasteiger partial charge in [0.05, 0.1) is 12.2 Å². The molecule has 5 heterocycles. The van der Waals surface area contributed by atoms with E-state index in [1.807, 2.05) is 20.8 Å². The van der Waals surface area contributed by atoms with Crippen molar-refractivity contribution >= 4 is 11.8 Å². The number of nitrogens with zero attached hydrogens (tertiary/aromatic N) is 2. The van der Waals surface area contributed by atoms with E-state index in [0.717, 1.165) is 61.3 Å². The molecule has 2 N–H and O–H groups in total. The second-order valence-electron chi connectivity index (χ2n) is 10.9. The van der Waals surface area contributed by atoms with Crippen LogP contribution in [0.1, 0.15) is 80.4 Å². The third-order valence-corrected chi connectivity index (χ3v) is 8.75. The Bertz CT molecular complexity index is 1180. The van der Waals surface area contributed by atoms with Crippen LogP contribution >= 0.6 is 0 Å². The predicted octanol–water partition coefficient (Wildman–Crippen LogP) is 5.12. The smallest absolute Gasteiger partial charge is 0.367 e. The molecule has 1 saturated heterocycles. The molecule has 2 atom stereocenters. The number of carbonyl (C=O) groups is 1. The Kier molecular flexibility index (Phi) is 7.76. The highest BCUT2D eigenvalue weighted by Gasteiger charge is 2.71. The van der Waals surface area contributed by atoms with Crippen molar-refractivity contribution in [1.82, 2.24) is 4.98 Å². The van der Waals surface area contributed by atoms with Gasteiger partial charge in [0.2, 0.25) is 11.8 Å². The summed E-state index contributed by atoms with van der Waals surface area (Å²) in [5.41, 5.74) is 4.03. The van der Waals surface area contributed by atoms with Gasteiger partial charge in [0.1, 0.15) is 24.7 Å². The SMILES string of the molecule is CC.CC12OCCc3cc(F)cc(c31)C(C(=O)O)[N+]21CC(OCCCCCc2ccc3c(n2)NCCC3)C1. The molecule has 2 aromatic rings. The van der Waals surface area contributed by atoms with Crippen LogP contribution in [0.4, 0.5) is 10.2 Å². The molecule has 0 amide bonds. The summed E-state index contributed by atoms with van der Waals surface area (Å²) < 4.78 is 27.1. The first kappa shape index (κ1) is 27.0. The van der Waals surface area contributed by atoms with Crippen LogP contribution in [-0.4, -0.2) is 59.5 Å². The lowest BCUT2D eigenvalue weighted by Gasteiger charge is -2.57. The fourth-order valence-electron chi connectivity index (χ4n) is 6.99. The van der Waals surface area contributed by atoms with Crippen molar-refractivity contribution in [3.05, 3.63) is 58.0 Å². The number of aliphatic carboxylic acids is 1. The number of hydrogen-bond donors (Lipinski definition) is 2. The van der Waals surface area contributed by atoms with E-state index in [4.69, 9.17) is 14.5 Å². The lowest BCUT2D eigenvalue weighted by molar-refractivity contribution is -1.05. The van der Waals surface area contributed by atoms with E-state index < -0.39 is 17.7 Å². The van der Waals surface area contributed by atoms with Crippen LogP contribution in [0, 0.1) is 5.82 Å². The van der Waals surface area contributed by atoms with Gasteiger partial charge in [0.25, 0.3) is 0 Å². The molecule has 1 aromatic carbocycles. The number of fused-ring (bicyclic) bond motifs is 2. The Balaban J connectivity index is 0.00000144. The molecule has 0 saturated carbocycles. The molecule has 1 aromatic heterocycles. The Morgan fingerprint density at radius 2 is 2.03 bits per heavy atom. The number of aromatic nitrogens is 1. The summed E-state index contributed by atoms with van der Waals surface area (Å²) in [6.07, 6.45) is 6.94. The number of carboxylic acid groups (broad SMARTS) is 1. The van der Waals surface area contributed by atoms with Crippen LogP contribution < -0.4 is 5.32 Å². The zero-order valence-electron chi connectivity index (χ0n) is 22.9. The molecule has 38 heavy (non-hydrogen) atoms. The van der Waals surface area contributed by atoms with Crippen molar-refractivity contribution in [2.45, 2.75) is 83.6 Å². The Hall–Kier alpha value is -2.55. The number of benzene rings is 1. The number of anilines is 1. The van der Waals surface area contributed by atoms with Crippen molar-refractivity contribution in [1.29, 1.82) is 0 Å². The largest absolute Gasteiger partial charge is 0.477 e. The van der Waals surface area contributed by atoms with Gasteiger partial charge in [0, 0.05) is 31.3 Å². The van der Waals surface area contributed by atoms with Crippen LogP contribution in [0.3, 0.4) is 0 Å². The zero-order valence-corrected chi connectivity index (χ0v) is 22.9. The summed E-state index contributed by atoms with van der Waals surface area (Å²) in [7, 11) is 0. The molecule has 0 bridgehead atoms. The lowest BCUT2D eigenvalue weighted by Crippen LogP contribution is -2.74. The third-order valence-electron chi connectivity index (χ3n) is 8.75. The fourth-order valence-corrected chi connectivity index (χ4v) is 6.99. The van der Waals surface area contributed by atoms with Crippen LogP contribution in [0.15, 0.2) is 24.3 Å². The van der Waals surface area contributed by atoms with E-state index >= 15 is 0 Å². The zero-order chi connectivity index (χ0) is 26.9. The van der Waals surface area contributed by atoms with Crippen molar-refractivity contribution < 1.29 is 28.2 Å². The number of unbranched alkanes of at least 4 members (excludes halogenated alkanes) is 2. The van der Waals surface area contributed by atoms with Crippen LogP contribution in [0.5, 0.6) is 0 Å². The van der Waals surface area contributed by atoms with Crippen molar-refractivity contribution in [2.75, 3.05) is 38.2 Å². The summed E-state index contributed by atoms with van der Waals surface area (Å²) >= 11 is 0. The number of hydrogen-bond acceptors (Lipinski definition) is 5. The van der Waals surface area contributed by atoms with Gasteiger partial charge >= 0.3 is 5.97 Å². The number of nitrogens with one attached hydrogen (secondary N) is 1. The Morgan fingerprint density at radius 1 is 1.21 bits per heavy atom. The first-order valence-electron chi connectivity index (χ1n) is 14.3. The number of pyridine rings is 1. The molecule has 0 aliphatic carbocycles. The summed E-state index contributed by atoms with van der Waals surface area (Å²) in [4.78, 5) is 17.2. The number of aryl methyl sites for hydroxylation is 2. The normalized spacial score (nSPS) is 28.4. The number of halogens is 1. The molecule has 1 spiro atoms. The maximum absolute atomic E-state index is 14.4. The van der Waals surface area contributed by atoms with Gasteiger partial charge in [-0.25, -0.2) is 14.2 Å².